The Labute approximate surface area is 143 Å². The predicted molar refractivity (Wildman–Crippen MR) is 94.4 cm³/mol. The van der Waals surface area contributed by atoms with Crippen LogP contribution in [0.3, 0.4) is 0 Å². The fourth-order valence-electron chi connectivity index (χ4n) is 2.96. The van der Waals surface area contributed by atoms with Gasteiger partial charge in [-0.15, -0.1) is 12.4 Å². The van der Waals surface area contributed by atoms with Crippen molar-refractivity contribution in [3.05, 3.63) is 65.2 Å². The van der Waals surface area contributed by atoms with Gasteiger partial charge in [0.05, 0.1) is 5.02 Å². The fourth-order valence-corrected chi connectivity index (χ4v) is 3.14. The SMILES string of the molecule is CN1CCC(Oc2ccccc2Cl)C(c2ccccc2)C1.Cl. The number of nitrogens with zero attached hydrogens (tertiary/aromatic N) is 1. The minimum atomic E-state index is 0. The molecule has 2 unspecified atom stereocenters. The lowest BCUT2D eigenvalue weighted by Crippen LogP contribution is -2.42. The van der Waals surface area contributed by atoms with Crippen LogP contribution in [0.1, 0.15) is 17.9 Å². The Morgan fingerprint density at radius 1 is 1.05 bits per heavy atom. The molecule has 1 saturated heterocycles. The Hall–Kier alpha value is -1.22. The van der Waals surface area contributed by atoms with Crippen molar-refractivity contribution in [2.75, 3.05) is 20.1 Å². The van der Waals surface area contributed by atoms with Crippen molar-refractivity contribution < 1.29 is 4.74 Å². The van der Waals surface area contributed by atoms with Gasteiger partial charge in [0.15, 0.2) is 0 Å². The Balaban J connectivity index is 0.00000176. The van der Waals surface area contributed by atoms with Crippen LogP contribution in [0.15, 0.2) is 54.6 Å². The molecule has 0 aliphatic carbocycles. The highest BCUT2D eigenvalue weighted by atomic mass is 35.5. The molecule has 3 rings (SSSR count). The zero-order chi connectivity index (χ0) is 14.7. The number of benzene rings is 2. The molecule has 1 fully saturated rings. The van der Waals surface area contributed by atoms with Gasteiger partial charge in [-0.05, 0) is 31.2 Å². The van der Waals surface area contributed by atoms with E-state index in [0.717, 1.165) is 25.3 Å². The molecule has 0 spiro atoms. The molecule has 2 aromatic carbocycles. The summed E-state index contributed by atoms with van der Waals surface area (Å²) in [5.74, 6) is 1.16. The number of piperidine rings is 1. The molecule has 118 valence electrons. The summed E-state index contributed by atoms with van der Waals surface area (Å²) in [6.07, 6.45) is 1.19. The summed E-state index contributed by atoms with van der Waals surface area (Å²) in [4.78, 5) is 2.37. The van der Waals surface area contributed by atoms with Crippen LogP contribution >= 0.6 is 24.0 Å². The third-order valence-corrected chi connectivity index (χ3v) is 4.41. The molecule has 0 aromatic heterocycles. The van der Waals surface area contributed by atoms with E-state index < -0.39 is 0 Å². The molecule has 0 saturated carbocycles. The molecule has 1 heterocycles. The van der Waals surface area contributed by atoms with Gasteiger partial charge < -0.3 is 9.64 Å². The van der Waals surface area contributed by atoms with Gasteiger partial charge in [-0.25, -0.2) is 0 Å². The zero-order valence-electron chi connectivity index (χ0n) is 12.6. The molecule has 22 heavy (non-hydrogen) atoms. The van der Waals surface area contributed by atoms with E-state index in [2.05, 4.69) is 42.3 Å². The molecule has 0 N–H and O–H groups in total. The van der Waals surface area contributed by atoms with Crippen LogP contribution in [0, 0.1) is 0 Å². The van der Waals surface area contributed by atoms with Crippen LogP contribution in [0.25, 0.3) is 0 Å². The second kappa shape index (κ2) is 7.87. The van der Waals surface area contributed by atoms with E-state index in [1.165, 1.54) is 5.56 Å². The summed E-state index contributed by atoms with van der Waals surface area (Å²) in [5, 5.41) is 0.684. The number of rotatable bonds is 3. The number of halogens is 2. The van der Waals surface area contributed by atoms with Crippen molar-refractivity contribution in [2.24, 2.45) is 0 Å². The van der Waals surface area contributed by atoms with Gasteiger partial charge in [-0.3, -0.25) is 0 Å². The summed E-state index contributed by atoms with van der Waals surface area (Å²) >= 11 is 6.23. The van der Waals surface area contributed by atoms with Crippen LogP contribution in [0.2, 0.25) is 5.02 Å². The van der Waals surface area contributed by atoms with Crippen LogP contribution in [-0.4, -0.2) is 31.1 Å². The Kier molecular flexibility index (Phi) is 6.13. The highest BCUT2D eigenvalue weighted by Crippen LogP contribution is 2.32. The summed E-state index contributed by atoms with van der Waals surface area (Å²) in [6, 6.07) is 18.3. The lowest BCUT2D eigenvalue weighted by atomic mass is 9.88. The number of likely N-dealkylation sites (tertiary alicyclic amines) is 1. The highest BCUT2D eigenvalue weighted by Gasteiger charge is 2.30. The largest absolute Gasteiger partial charge is 0.488 e. The second-order valence-corrected chi connectivity index (χ2v) is 6.06. The second-order valence-electron chi connectivity index (χ2n) is 5.65. The first-order valence-electron chi connectivity index (χ1n) is 7.39. The van der Waals surface area contributed by atoms with Crippen LogP contribution in [0.5, 0.6) is 5.75 Å². The van der Waals surface area contributed by atoms with E-state index in [9.17, 15) is 0 Å². The van der Waals surface area contributed by atoms with E-state index >= 15 is 0 Å². The van der Waals surface area contributed by atoms with Gasteiger partial charge in [0, 0.05) is 19.0 Å². The van der Waals surface area contributed by atoms with Crippen molar-refractivity contribution in [1.29, 1.82) is 0 Å². The molecule has 2 nitrogen and oxygen atoms in total. The molecule has 0 radical (unpaired) electrons. The summed E-state index contributed by atoms with van der Waals surface area (Å²) in [7, 11) is 2.17. The number of ether oxygens (including phenoxy) is 1. The van der Waals surface area contributed by atoms with Gasteiger partial charge in [0.2, 0.25) is 0 Å². The average Bonchev–Trinajstić information content (AvgIpc) is 2.52. The molecule has 0 amide bonds. The van der Waals surface area contributed by atoms with Crippen LogP contribution in [-0.2, 0) is 0 Å². The lowest BCUT2D eigenvalue weighted by Gasteiger charge is -2.37. The maximum Gasteiger partial charge on any atom is 0.138 e. The van der Waals surface area contributed by atoms with Crippen LogP contribution in [0.4, 0.5) is 0 Å². The highest BCUT2D eigenvalue weighted by molar-refractivity contribution is 6.32. The molecular weight excluding hydrogens is 317 g/mol. The fraction of sp³-hybridized carbons (Fsp3) is 0.333. The Bertz CT molecular complexity index is 591. The van der Waals surface area contributed by atoms with Gasteiger partial charge in [0.25, 0.3) is 0 Å². The summed E-state index contributed by atoms with van der Waals surface area (Å²) in [6.45, 7) is 2.07. The molecular formula is C18H21Cl2NO. The van der Waals surface area contributed by atoms with Crippen molar-refractivity contribution in [2.45, 2.75) is 18.4 Å². The minimum Gasteiger partial charge on any atom is -0.488 e. The third kappa shape index (κ3) is 3.95. The number of para-hydroxylation sites is 1. The molecule has 4 heteroatoms. The molecule has 1 aliphatic rings. The lowest BCUT2D eigenvalue weighted by molar-refractivity contribution is 0.0903. The van der Waals surface area contributed by atoms with E-state index in [1.807, 2.05) is 24.3 Å². The molecule has 2 aromatic rings. The van der Waals surface area contributed by atoms with Crippen molar-refractivity contribution in [1.82, 2.24) is 4.90 Å². The summed E-state index contributed by atoms with van der Waals surface area (Å²) < 4.78 is 6.24. The summed E-state index contributed by atoms with van der Waals surface area (Å²) in [5.41, 5.74) is 1.33. The van der Waals surface area contributed by atoms with Gasteiger partial charge in [-0.2, -0.15) is 0 Å². The number of hydrogen-bond acceptors (Lipinski definition) is 2. The Morgan fingerprint density at radius 2 is 1.73 bits per heavy atom. The van der Waals surface area contributed by atoms with Crippen LogP contribution < -0.4 is 4.74 Å². The van der Waals surface area contributed by atoms with Crippen molar-refractivity contribution >= 4 is 24.0 Å². The Morgan fingerprint density at radius 3 is 2.45 bits per heavy atom. The smallest absolute Gasteiger partial charge is 0.138 e. The third-order valence-electron chi connectivity index (χ3n) is 4.10. The van der Waals surface area contributed by atoms with Crippen molar-refractivity contribution in [3.8, 4) is 5.75 Å². The molecule has 2 atom stereocenters. The van der Waals surface area contributed by atoms with Gasteiger partial charge in [0.1, 0.15) is 11.9 Å². The first kappa shape index (κ1) is 17.1. The number of likely N-dealkylation sites (N-methyl/N-ethyl adjacent to an activating group) is 1. The number of hydrogen-bond donors (Lipinski definition) is 0. The minimum absolute atomic E-state index is 0. The zero-order valence-corrected chi connectivity index (χ0v) is 14.2. The predicted octanol–water partition coefficient (Wildman–Crippen LogP) is 4.63. The maximum absolute atomic E-state index is 6.24. The standard InChI is InChI=1S/C18H20ClNO.ClH/c1-20-12-11-17(21-18-10-6-5-9-16(18)19)15(13-20)14-7-3-2-4-8-14;/h2-10,15,17H,11-13H2,1H3;1H. The first-order valence-corrected chi connectivity index (χ1v) is 7.76. The van der Waals surface area contributed by atoms with Crippen molar-refractivity contribution in [3.63, 3.8) is 0 Å². The van der Waals surface area contributed by atoms with E-state index in [1.54, 1.807) is 0 Å². The maximum atomic E-state index is 6.24. The molecule has 1 aliphatic heterocycles. The quantitative estimate of drug-likeness (QED) is 0.809. The monoisotopic (exact) mass is 337 g/mol. The average molecular weight is 338 g/mol. The topological polar surface area (TPSA) is 12.5 Å². The van der Waals surface area contributed by atoms with E-state index in [-0.39, 0.29) is 18.5 Å². The van der Waals surface area contributed by atoms with Gasteiger partial charge in [-0.1, -0.05) is 54.1 Å². The van der Waals surface area contributed by atoms with E-state index in [4.69, 9.17) is 16.3 Å². The first-order chi connectivity index (χ1) is 10.2. The normalized spacial score (nSPS) is 21.9. The van der Waals surface area contributed by atoms with E-state index in [0.29, 0.717) is 10.9 Å². The van der Waals surface area contributed by atoms with Gasteiger partial charge >= 0.3 is 0 Å². The molecule has 0 bridgehead atoms.